The quantitative estimate of drug-likeness (QED) is 0.451. The minimum absolute atomic E-state index is 0.0407. The van der Waals surface area contributed by atoms with Gasteiger partial charge in [0.2, 0.25) is 0 Å². The van der Waals surface area contributed by atoms with E-state index < -0.39 is 0 Å². The van der Waals surface area contributed by atoms with Crippen LogP contribution in [0.15, 0.2) is 24.3 Å². The largest absolute Gasteiger partial charge is 0.393 e. The first kappa shape index (κ1) is 23.9. The third kappa shape index (κ3) is 4.22. The van der Waals surface area contributed by atoms with Crippen molar-refractivity contribution in [2.24, 2.45) is 46.3 Å². The molecule has 33 heavy (non-hydrogen) atoms. The molecule has 0 spiro atoms. The minimum atomic E-state index is -0.0407. The highest BCUT2D eigenvalue weighted by Crippen LogP contribution is 2.68. The number of hydrogen-bond donors (Lipinski definition) is 2. The molecule has 0 heterocycles. The summed E-state index contributed by atoms with van der Waals surface area (Å²) in [6, 6.07) is 8.93. The second-order valence-electron chi connectivity index (χ2n) is 13.2. The number of nitrogens with one attached hydrogen (secondary N) is 1. The highest BCUT2D eigenvalue weighted by Gasteiger charge is 2.62. The topological polar surface area (TPSA) is 32.3 Å². The van der Waals surface area contributed by atoms with Gasteiger partial charge in [0.05, 0.1) is 6.10 Å². The Hall–Kier alpha value is -0.860. The van der Waals surface area contributed by atoms with Crippen LogP contribution in [-0.2, 0) is 6.54 Å². The van der Waals surface area contributed by atoms with Crippen molar-refractivity contribution in [1.29, 1.82) is 0 Å². The third-order valence-corrected chi connectivity index (χ3v) is 11.6. The smallest absolute Gasteiger partial charge is 0.0577 e. The van der Waals surface area contributed by atoms with Crippen LogP contribution in [0.4, 0.5) is 0 Å². The number of aryl methyl sites for hydroxylation is 1. The van der Waals surface area contributed by atoms with Crippen LogP contribution in [0.25, 0.3) is 0 Å². The predicted molar refractivity (Wildman–Crippen MR) is 138 cm³/mol. The lowest BCUT2D eigenvalue weighted by Crippen LogP contribution is -2.57. The molecule has 4 saturated carbocycles. The van der Waals surface area contributed by atoms with Gasteiger partial charge in [-0.3, -0.25) is 0 Å². The molecule has 1 aromatic carbocycles. The Bertz CT molecular complexity index is 804. The first-order chi connectivity index (χ1) is 15.8. The molecule has 4 aliphatic carbocycles. The van der Waals surface area contributed by atoms with E-state index in [0.717, 1.165) is 49.1 Å². The first-order valence-corrected chi connectivity index (χ1v) is 14.3. The van der Waals surface area contributed by atoms with E-state index in [4.69, 9.17) is 0 Å². The second kappa shape index (κ2) is 9.30. The van der Waals surface area contributed by atoms with Gasteiger partial charge in [0.25, 0.3) is 0 Å². The first-order valence-electron chi connectivity index (χ1n) is 14.3. The van der Waals surface area contributed by atoms with Gasteiger partial charge in [0.1, 0.15) is 0 Å². The number of aliphatic hydroxyl groups excluding tert-OH is 1. The van der Waals surface area contributed by atoms with Crippen LogP contribution in [0.3, 0.4) is 0 Å². The van der Waals surface area contributed by atoms with E-state index in [2.05, 4.69) is 57.3 Å². The van der Waals surface area contributed by atoms with Crippen LogP contribution >= 0.6 is 0 Å². The van der Waals surface area contributed by atoms with Gasteiger partial charge in [-0.25, -0.2) is 0 Å². The van der Waals surface area contributed by atoms with Gasteiger partial charge in [-0.2, -0.15) is 0 Å². The molecular weight excluding hydrogens is 402 g/mol. The molecule has 8 unspecified atom stereocenters. The zero-order valence-electron chi connectivity index (χ0n) is 21.8. The molecule has 1 aromatic rings. The lowest BCUT2D eigenvalue weighted by atomic mass is 9.44. The Kier molecular flexibility index (Phi) is 6.73. The Morgan fingerprint density at radius 1 is 0.970 bits per heavy atom. The maximum absolute atomic E-state index is 11.4. The van der Waals surface area contributed by atoms with E-state index in [1.54, 1.807) is 0 Å². The van der Waals surface area contributed by atoms with Crippen LogP contribution in [0, 0.1) is 53.3 Å². The molecule has 2 nitrogen and oxygen atoms in total. The lowest BCUT2D eigenvalue weighted by Gasteiger charge is -2.62. The molecule has 184 valence electrons. The van der Waals surface area contributed by atoms with Crippen molar-refractivity contribution in [2.75, 3.05) is 6.54 Å². The average Bonchev–Trinajstić information content (AvgIpc) is 3.15. The zero-order chi connectivity index (χ0) is 23.2. The number of aliphatic hydroxyl groups is 1. The van der Waals surface area contributed by atoms with Crippen molar-refractivity contribution in [1.82, 2.24) is 5.32 Å². The van der Waals surface area contributed by atoms with Gasteiger partial charge in [-0.05, 0) is 117 Å². The van der Waals surface area contributed by atoms with Gasteiger partial charge in [0.15, 0.2) is 0 Å². The number of rotatable bonds is 6. The molecule has 0 radical (unpaired) electrons. The van der Waals surface area contributed by atoms with E-state index in [1.807, 2.05) is 0 Å². The van der Waals surface area contributed by atoms with Crippen molar-refractivity contribution in [2.45, 2.75) is 105 Å². The van der Waals surface area contributed by atoms with Crippen LogP contribution in [0.2, 0.25) is 0 Å². The minimum Gasteiger partial charge on any atom is -0.393 e. The van der Waals surface area contributed by atoms with E-state index in [0.29, 0.717) is 16.7 Å². The summed E-state index contributed by atoms with van der Waals surface area (Å²) in [4.78, 5) is 0. The highest BCUT2D eigenvalue weighted by atomic mass is 16.3. The summed E-state index contributed by atoms with van der Waals surface area (Å²) in [6.07, 6.45) is 13.4. The number of fused-ring (bicyclic) bond motifs is 5. The van der Waals surface area contributed by atoms with Crippen molar-refractivity contribution in [3.63, 3.8) is 0 Å². The summed E-state index contributed by atoms with van der Waals surface area (Å²) in [5, 5.41) is 15.1. The standard InChI is InChI=1S/C31H49NO/c1-21-8-10-23(11-9-21)20-32-18-15-22(2)25-12-13-26-29-27(14-17-31(25,26)4)30(3)16-6-5-7-24(30)19-28(29)33/h8-11,22,24-29,32-33H,5-7,12-20H2,1-4H3/t22-,24?,25?,26?,27?,28?,29?,30?,31?/m1/s1. The van der Waals surface area contributed by atoms with Crippen molar-refractivity contribution >= 4 is 0 Å². The fourth-order valence-electron chi connectivity index (χ4n) is 9.70. The average molecular weight is 452 g/mol. The molecule has 9 atom stereocenters. The van der Waals surface area contributed by atoms with Crippen LogP contribution < -0.4 is 5.32 Å². The Labute approximate surface area is 203 Å². The molecule has 4 aliphatic rings. The summed E-state index contributed by atoms with van der Waals surface area (Å²) in [7, 11) is 0. The number of benzene rings is 1. The zero-order valence-corrected chi connectivity index (χ0v) is 21.8. The summed E-state index contributed by atoms with van der Waals surface area (Å²) < 4.78 is 0. The van der Waals surface area contributed by atoms with E-state index in [9.17, 15) is 5.11 Å². The third-order valence-electron chi connectivity index (χ3n) is 11.6. The Morgan fingerprint density at radius 2 is 1.73 bits per heavy atom. The van der Waals surface area contributed by atoms with Crippen LogP contribution in [0.1, 0.15) is 96.1 Å². The van der Waals surface area contributed by atoms with Crippen molar-refractivity contribution < 1.29 is 5.11 Å². The molecule has 4 fully saturated rings. The van der Waals surface area contributed by atoms with Gasteiger partial charge >= 0.3 is 0 Å². The normalized spacial score (nSPS) is 43.4. The summed E-state index contributed by atoms with van der Waals surface area (Å²) >= 11 is 0. The van der Waals surface area contributed by atoms with E-state index in [1.165, 1.54) is 68.9 Å². The highest BCUT2D eigenvalue weighted by molar-refractivity contribution is 5.21. The molecular formula is C31H49NO. The summed E-state index contributed by atoms with van der Waals surface area (Å²) in [5.41, 5.74) is 3.67. The van der Waals surface area contributed by atoms with Crippen molar-refractivity contribution in [3.05, 3.63) is 35.4 Å². The molecule has 5 rings (SSSR count). The Balaban J connectivity index is 1.21. The van der Waals surface area contributed by atoms with Crippen LogP contribution in [0.5, 0.6) is 0 Å². The second-order valence-corrected chi connectivity index (χ2v) is 13.2. The fourth-order valence-corrected chi connectivity index (χ4v) is 9.70. The lowest BCUT2D eigenvalue weighted by molar-refractivity contribution is -0.164. The maximum atomic E-state index is 11.4. The predicted octanol–water partition coefficient (Wildman–Crippen LogP) is 7.13. The van der Waals surface area contributed by atoms with Gasteiger partial charge in [-0.15, -0.1) is 0 Å². The fraction of sp³-hybridized carbons (Fsp3) is 0.806. The molecule has 0 bridgehead atoms. The van der Waals surface area contributed by atoms with Gasteiger partial charge < -0.3 is 10.4 Å². The molecule has 0 aliphatic heterocycles. The van der Waals surface area contributed by atoms with E-state index >= 15 is 0 Å². The molecule has 0 amide bonds. The molecule has 2 N–H and O–H groups in total. The van der Waals surface area contributed by atoms with Gasteiger partial charge in [-0.1, -0.05) is 63.4 Å². The van der Waals surface area contributed by atoms with Crippen LogP contribution in [-0.4, -0.2) is 17.8 Å². The maximum Gasteiger partial charge on any atom is 0.0577 e. The monoisotopic (exact) mass is 451 g/mol. The SMILES string of the molecule is Cc1ccc(CNCC[C@@H](C)C2CCC3C4C(O)CC5CCCCC5(C)C4CCC32C)cc1. The molecule has 0 saturated heterocycles. The van der Waals surface area contributed by atoms with Gasteiger partial charge in [0, 0.05) is 6.54 Å². The van der Waals surface area contributed by atoms with Crippen molar-refractivity contribution in [3.8, 4) is 0 Å². The summed E-state index contributed by atoms with van der Waals surface area (Å²) in [5.74, 6) is 4.46. The number of hydrogen-bond acceptors (Lipinski definition) is 2. The molecule has 2 heteroatoms. The molecule has 0 aromatic heterocycles. The van der Waals surface area contributed by atoms with E-state index in [-0.39, 0.29) is 6.10 Å². The Morgan fingerprint density at radius 3 is 2.52 bits per heavy atom. The summed E-state index contributed by atoms with van der Waals surface area (Å²) in [6.45, 7) is 12.0.